The second kappa shape index (κ2) is 8.46. The average molecular weight is 457 g/mol. The number of anilines is 1. The number of benzene rings is 2. The van der Waals surface area contributed by atoms with Crippen LogP contribution in [0.2, 0.25) is 0 Å². The molecule has 1 saturated heterocycles. The summed E-state index contributed by atoms with van der Waals surface area (Å²) in [5, 5.41) is 11.1. The van der Waals surface area contributed by atoms with E-state index in [1.54, 1.807) is 4.90 Å². The second-order valence-electron chi connectivity index (χ2n) is 7.57. The summed E-state index contributed by atoms with van der Waals surface area (Å²) in [4.78, 5) is 11.8. The molecule has 3 rings (SSSR count). The average Bonchev–Trinajstić information content (AvgIpc) is 3.16. The highest BCUT2D eigenvalue weighted by Gasteiger charge is 2.40. The van der Waals surface area contributed by atoms with E-state index >= 15 is 0 Å². The van der Waals surface area contributed by atoms with E-state index in [0.29, 0.717) is 6.42 Å². The van der Waals surface area contributed by atoms with E-state index in [0.717, 1.165) is 29.5 Å². The maximum atomic E-state index is 13.5. The lowest BCUT2D eigenvalue weighted by atomic mass is 10.0. The van der Waals surface area contributed by atoms with Gasteiger partial charge < -0.3 is 4.90 Å². The van der Waals surface area contributed by atoms with Gasteiger partial charge in [-0.05, 0) is 36.6 Å². The number of rotatable bonds is 6. The molecular formula is C20H22F3N3O4S. The number of nitro groups is 1. The molecule has 0 aliphatic carbocycles. The third-order valence-electron chi connectivity index (χ3n) is 5.45. The van der Waals surface area contributed by atoms with Gasteiger partial charge in [0.05, 0.1) is 11.2 Å². The van der Waals surface area contributed by atoms with Crippen LogP contribution in [0.1, 0.15) is 23.1 Å². The van der Waals surface area contributed by atoms with E-state index in [1.807, 2.05) is 31.2 Å². The Morgan fingerprint density at radius 2 is 1.90 bits per heavy atom. The van der Waals surface area contributed by atoms with Crippen molar-refractivity contribution in [1.29, 1.82) is 0 Å². The van der Waals surface area contributed by atoms with Crippen LogP contribution in [-0.2, 0) is 22.7 Å². The van der Waals surface area contributed by atoms with Gasteiger partial charge in [0.2, 0.25) is 10.0 Å². The highest BCUT2D eigenvalue weighted by Crippen LogP contribution is 2.39. The van der Waals surface area contributed by atoms with E-state index in [4.69, 9.17) is 0 Å². The van der Waals surface area contributed by atoms with Crippen LogP contribution < -0.4 is 4.90 Å². The quantitative estimate of drug-likeness (QED) is 0.484. The Hall–Kier alpha value is -2.66. The van der Waals surface area contributed by atoms with Crippen molar-refractivity contribution < 1.29 is 26.5 Å². The minimum Gasteiger partial charge on any atom is -0.363 e. The molecule has 1 heterocycles. The van der Waals surface area contributed by atoms with Gasteiger partial charge in [0, 0.05) is 37.4 Å². The summed E-state index contributed by atoms with van der Waals surface area (Å²) in [5.74, 6) is 0. The van der Waals surface area contributed by atoms with E-state index < -0.39 is 32.4 Å². The number of hydrogen-bond donors (Lipinski definition) is 0. The first kappa shape index (κ1) is 23.0. The second-order valence-corrected chi connectivity index (χ2v) is 9.56. The molecule has 1 atom stereocenters. The van der Waals surface area contributed by atoms with Crippen molar-refractivity contribution in [1.82, 2.24) is 4.31 Å². The summed E-state index contributed by atoms with van der Waals surface area (Å²) in [6.45, 7) is 2.50. The molecule has 11 heteroatoms. The minimum absolute atomic E-state index is 0.128. The molecule has 1 aliphatic heterocycles. The van der Waals surface area contributed by atoms with Crippen molar-refractivity contribution in [2.45, 2.75) is 32.1 Å². The lowest BCUT2D eigenvalue weighted by molar-refractivity contribution is -0.388. The number of hydrogen-bond acceptors (Lipinski definition) is 5. The first-order chi connectivity index (χ1) is 14.4. The minimum atomic E-state index is -4.90. The molecule has 2 aromatic rings. The first-order valence-corrected chi connectivity index (χ1v) is 11.3. The van der Waals surface area contributed by atoms with Gasteiger partial charge in [0.1, 0.15) is 5.56 Å². The van der Waals surface area contributed by atoms with Gasteiger partial charge >= 0.3 is 6.18 Å². The van der Waals surface area contributed by atoms with Crippen molar-refractivity contribution in [3.63, 3.8) is 0 Å². The van der Waals surface area contributed by atoms with E-state index in [2.05, 4.69) is 0 Å². The lowest BCUT2D eigenvalue weighted by Crippen LogP contribution is -2.38. The van der Waals surface area contributed by atoms with E-state index in [9.17, 15) is 31.7 Å². The number of nitrogens with zero attached hydrogens (tertiary/aromatic N) is 3. The molecule has 0 spiro atoms. The van der Waals surface area contributed by atoms with Crippen LogP contribution in [0.15, 0.2) is 42.5 Å². The third-order valence-corrected chi connectivity index (χ3v) is 6.72. The van der Waals surface area contributed by atoms with Gasteiger partial charge in [-0.15, -0.1) is 0 Å². The Morgan fingerprint density at radius 1 is 1.23 bits per heavy atom. The van der Waals surface area contributed by atoms with E-state index in [-0.39, 0.29) is 31.4 Å². The summed E-state index contributed by atoms with van der Waals surface area (Å²) in [7, 11) is -3.44. The molecule has 0 aromatic heterocycles. The molecule has 1 fully saturated rings. The van der Waals surface area contributed by atoms with Gasteiger partial charge in [-0.25, -0.2) is 12.7 Å². The van der Waals surface area contributed by atoms with Crippen molar-refractivity contribution >= 4 is 21.4 Å². The number of sulfonamides is 1. The van der Waals surface area contributed by atoms with Crippen LogP contribution in [0, 0.1) is 17.0 Å². The zero-order valence-corrected chi connectivity index (χ0v) is 17.8. The van der Waals surface area contributed by atoms with Crippen molar-refractivity contribution in [3.05, 3.63) is 69.3 Å². The number of halogens is 3. The molecule has 0 unspecified atom stereocenters. The predicted octanol–water partition coefficient (Wildman–Crippen LogP) is 3.96. The molecule has 7 nitrogen and oxygen atoms in total. The highest BCUT2D eigenvalue weighted by molar-refractivity contribution is 7.88. The van der Waals surface area contributed by atoms with Gasteiger partial charge in [0.25, 0.3) is 5.69 Å². The van der Waals surface area contributed by atoms with Crippen molar-refractivity contribution in [3.8, 4) is 0 Å². The molecule has 2 aromatic carbocycles. The van der Waals surface area contributed by atoms with Gasteiger partial charge in [-0.2, -0.15) is 13.2 Å². The Labute approximate surface area is 178 Å². The predicted molar refractivity (Wildman–Crippen MR) is 110 cm³/mol. The Balaban J connectivity index is 2.06. The summed E-state index contributed by atoms with van der Waals surface area (Å²) in [6.07, 6.45) is -3.38. The zero-order chi connectivity index (χ0) is 23.0. The van der Waals surface area contributed by atoms with Crippen LogP contribution in [-0.4, -0.2) is 43.0 Å². The summed E-state index contributed by atoms with van der Waals surface area (Å²) in [5.41, 5.74) is -0.392. The smallest absolute Gasteiger partial charge is 0.363 e. The fourth-order valence-electron chi connectivity index (χ4n) is 3.76. The summed E-state index contributed by atoms with van der Waals surface area (Å²) < 4.78 is 65.8. The lowest BCUT2D eigenvalue weighted by Gasteiger charge is -2.32. The number of aryl methyl sites for hydroxylation is 1. The van der Waals surface area contributed by atoms with Crippen molar-refractivity contribution in [2.75, 3.05) is 24.2 Å². The SMILES string of the molecule is Cc1ccccc1CN(c1ccc([N+](=O)[O-])c(C(F)(F)F)c1)[C@H]1CCN(S(C)(=O)=O)C1. The maximum Gasteiger partial charge on any atom is 0.423 e. The highest BCUT2D eigenvalue weighted by atomic mass is 32.2. The van der Waals surface area contributed by atoms with Gasteiger partial charge in [-0.3, -0.25) is 10.1 Å². The standard InChI is InChI=1S/C20H22F3N3O4S/c1-14-5-3-4-6-15(14)12-25(17-9-10-24(13-17)31(2,29)30)16-7-8-19(26(27)28)18(11-16)20(21,22)23/h3-8,11,17H,9-10,12-13H2,1-2H3/t17-/m0/s1. The topological polar surface area (TPSA) is 83.8 Å². The van der Waals surface area contributed by atoms with Crippen LogP contribution in [0.5, 0.6) is 0 Å². The number of nitro benzene ring substituents is 1. The zero-order valence-electron chi connectivity index (χ0n) is 17.0. The third kappa shape index (κ3) is 5.16. The Morgan fingerprint density at radius 3 is 2.45 bits per heavy atom. The summed E-state index contributed by atoms with van der Waals surface area (Å²) >= 11 is 0. The van der Waals surface area contributed by atoms with E-state index in [1.165, 1.54) is 10.4 Å². The molecule has 1 aliphatic rings. The molecule has 0 radical (unpaired) electrons. The monoisotopic (exact) mass is 457 g/mol. The Bertz CT molecular complexity index is 1090. The summed E-state index contributed by atoms with van der Waals surface area (Å²) in [6, 6.07) is 9.92. The van der Waals surface area contributed by atoms with Crippen LogP contribution in [0.4, 0.5) is 24.5 Å². The molecule has 0 bridgehead atoms. The molecule has 168 valence electrons. The van der Waals surface area contributed by atoms with Gasteiger partial charge in [0.15, 0.2) is 0 Å². The fourth-order valence-corrected chi connectivity index (χ4v) is 4.64. The molecule has 0 N–H and O–H groups in total. The first-order valence-electron chi connectivity index (χ1n) is 9.50. The molecular weight excluding hydrogens is 435 g/mol. The largest absolute Gasteiger partial charge is 0.423 e. The number of alkyl halides is 3. The maximum absolute atomic E-state index is 13.5. The fraction of sp³-hybridized carbons (Fsp3) is 0.400. The normalized spacial score (nSPS) is 17.6. The van der Waals surface area contributed by atoms with Crippen LogP contribution in [0.25, 0.3) is 0 Å². The van der Waals surface area contributed by atoms with Crippen LogP contribution in [0.3, 0.4) is 0 Å². The molecule has 0 amide bonds. The molecule has 0 saturated carbocycles. The van der Waals surface area contributed by atoms with Crippen LogP contribution >= 0.6 is 0 Å². The Kier molecular flexibility index (Phi) is 6.28. The molecule has 31 heavy (non-hydrogen) atoms. The van der Waals surface area contributed by atoms with Gasteiger partial charge in [-0.1, -0.05) is 24.3 Å². The van der Waals surface area contributed by atoms with Crippen molar-refractivity contribution in [2.24, 2.45) is 0 Å².